The maximum atomic E-state index is 12.2. The first kappa shape index (κ1) is 18.4. The molecule has 1 aromatic carbocycles. The number of fused-ring (bicyclic) bond motifs is 1. The van der Waals surface area contributed by atoms with Crippen molar-refractivity contribution < 1.29 is 8.42 Å². The van der Waals surface area contributed by atoms with E-state index in [1.54, 1.807) is 19.1 Å². The van der Waals surface area contributed by atoms with Gasteiger partial charge in [0.25, 0.3) is 0 Å². The van der Waals surface area contributed by atoms with E-state index in [4.69, 9.17) is 4.98 Å². The van der Waals surface area contributed by atoms with Crippen LogP contribution >= 0.6 is 0 Å². The fourth-order valence-corrected chi connectivity index (χ4v) is 4.45. The highest BCUT2D eigenvalue weighted by Crippen LogP contribution is 2.30. The van der Waals surface area contributed by atoms with Crippen molar-refractivity contribution in [3.05, 3.63) is 24.0 Å². The minimum Gasteiger partial charge on any atom is -0.327 e. The molecule has 0 unspecified atom stereocenters. The Morgan fingerprint density at radius 2 is 1.92 bits per heavy atom. The Hall–Kier alpha value is -1.40. The van der Waals surface area contributed by atoms with E-state index in [0.717, 1.165) is 36.5 Å². The third kappa shape index (κ3) is 3.75. The zero-order valence-electron chi connectivity index (χ0n) is 15.7. The number of nitrogens with one attached hydrogen (secondary N) is 1. The number of sulfone groups is 1. The number of benzene rings is 1. The topological polar surface area (TPSA) is 64.0 Å². The summed E-state index contributed by atoms with van der Waals surface area (Å²) in [5, 5.41) is 3.42. The minimum atomic E-state index is -3.21. The number of hydrogen-bond acceptors (Lipinski definition) is 4. The average Bonchev–Trinajstić information content (AvgIpc) is 2.94. The number of nitrogens with zero attached hydrogens (tertiary/aromatic N) is 2. The van der Waals surface area contributed by atoms with E-state index in [2.05, 4.69) is 30.7 Å². The van der Waals surface area contributed by atoms with E-state index in [1.165, 1.54) is 12.8 Å². The Morgan fingerprint density at radius 1 is 1.24 bits per heavy atom. The molecule has 1 aliphatic heterocycles. The summed E-state index contributed by atoms with van der Waals surface area (Å²) < 4.78 is 26.7. The Labute approximate surface area is 150 Å². The summed E-state index contributed by atoms with van der Waals surface area (Å²) in [5.74, 6) is 1.78. The molecule has 0 spiro atoms. The third-order valence-corrected chi connectivity index (χ3v) is 6.76. The van der Waals surface area contributed by atoms with Gasteiger partial charge in [-0.3, -0.25) is 0 Å². The fourth-order valence-electron chi connectivity index (χ4n) is 3.55. The molecule has 1 aromatic heterocycles. The number of piperidine rings is 1. The molecule has 0 atom stereocenters. The molecule has 2 heterocycles. The van der Waals surface area contributed by atoms with Crippen LogP contribution in [0.25, 0.3) is 11.0 Å². The largest absolute Gasteiger partial charge is 0.327 e. The third-order valence-electron chi connectivity index (χ3n) is 5.03. The van der Waals surface area contributed by atoms with Gasteiger partial charge < -0.3 is 9.88 Å². The summed E-state index contributed by atoms with van der Waals surface area (Å²) >= 11 is 0. The van der Waals surface area contributed by atoms with Gasteiger partial charge in [-0.25, -0.2) is 13.4 Å². The van der Waals surface area contributed by atoms with Crippen molar-refractivity contribution in [1.29, 1.82) is 0 Å². The molecule has 2 aromatic rings. The fraction of sp³-hybridized carbons (Fsp3) is 0.632. The summed E-state index contributed by atoms with van der Waals surface area (Å²) in [6.07, 6.45) is 2.34. The van der Waals surface area contributed by atoms with E-state index in [-0.39, 0.29) is 11.2 Å². The Morgan fingerprint density at radius 3 is 2.52 bits per heavy atom. The van der Waals surface area contributed by atoms with Crippen LogP contribution in [0.5, 0.6) is 0 Å². The Bertz CT molecular complexity index is 857. The van der Waals surface area contributed by atoms with Crippen molar-refractivity contribution in [3.63, 3.8) is 0 Å². The molecule has 1 aliphatic rings. The molecule has 0 saturated carbocycles. The molecule has 0 bridgehead atoms. The SMILES string of the molecule is CCS(=O)(=O)c1ccc2c(c1)nc(C(C)(C)C)n2CC1CCNCC1. The van der Waals surface area contributed by atoms with Crippen LogP contribution in [0.2, 0.25) is 0 Å². The van der Waals surface area contributed by atoms with E-state index in [0.29, 0.717) is 10.8 Å². The molecule has 0 radical (unpaired) electrons. The second-order valence-electron chi connectivity index (χ2n) is 8.04. The second-order valence-corrected chi connectivity index (χ2v) is 10.3. The van der Waals surface area contributed by atoms with Gasteiger partial charge >= 0.3 is 0 Å². The van der Waals surface area contributed by atoms with Crippen LogP contribution in [-0.2, 0) is 21.8 Å². The van der Waals surface area contributed by atoms with Crippen LogP contribution in [0.3, 0.4) is 0 Å². The maximum Gasteiger partial charge on any atom is 0.178 e. The van der Waals surface area contributed by atoms with Gasteiger partial charge in [-0.15, -0.1) is 0 Å². The van der Waals surface area contributed by atoms with E-state index >= 15 is 0 Å². The normalized spacial score (nSPS) is 17.3. The zero-order valence-corrected chi connectivity index (χ0v) is 16.5. The van der Waals surface area contributed by atoms with Crippen molar-refractivity contribution >= 4 is 20.9 Å². The average molecular weight is 364 g/mol. The van der Waals surface area contributed by atoms with Crippen LogP contribution in [0.4, 0.5) is 0 Å². The first-order chi connectivity index (χ1) is 11.7. The molecule has 1 saturated heterocycles. The van der Waals surface area contributed by atoms with Crippen molar-refractivity contribution in [3.8, 4) is 0 Å². The Kier molecular flexibility index (Phi) is 4.95. The summed E-state index contributed by atoms with van der Waals surface area (Å²) in [7, 11) is -3.21. The molecule has 1 N–H and O–H groups in total. The van der Waals surface area contributed by atoms with Crippen molar-refractivity contribution in [2.75, 3.05) is 18.8 Å². The van der Waals surface area contributed by atoms with Crippen LogP contribution in [0, 0.1) is 5.92 Å². The molecular weight excluding hydrogens is 334 g/mol. The highest BCUT2D eigenvalue weighted by atomic mass is 32.2. The predicted octanol–water partition coefficient (Wildman–Crippen LogP) is 3.13. The lowest BCUT2D eigenvalue weighted by Crippen LogP contribution is -2.31. The van der Waals surface area contributed by atoms with E-state index < -0.39 is 9.84 Å². The number of imidazole rings is 1. The van der Waals surface area contributed by atoms with Crippen LogP contribution in [-0.4, -0.2) is 36.8 Å². The van der Waals surface area contributed by atoms with Crippen molar-refractivity contribution in [1.82, 2.24) is 14.9 Å². The highest BCUT2D eigenvalue weighted by molar-refractivity contribution is 7.91. The van der Waals surface area contributed by atoms with Gasteiger partial charge in [0.1, 0.15) is 5.82 Å². The maximum absolute atomic E-state index is 12.2. The molecule has 3 rings (SSSR count). The monoisotopic (exact) mass is 363 g/mol. The lowest BCUT2D eigenvalue weighted by Gasteiger charge is -2.26. The summed E-state index contributed by atoms with van der Waals surface area (Å²) in [6, 6.07) is 5.40. The zero-order chi connectivity index (χ0) is 18.2. The van der Waals surface area contributed by atoms with Crippen molar-refractivity contribution in [2.45, 2.75) is 57.4 Å². The smallest absolute Gasteiger partial charge is 0.178 e. The van der Waals surface area contributed by atoms with Crippen molar-refractivity contribution in [2.24, 2.45) is 5.92 Å². The van der Waals surface area contributed by atoms with E-state index in [9.17, 15) is 8.42 Å². The first-order valence-electron chi connectivity index (χ1n) is 9.16. The first-order valence-corrected chi connectivity index (χ1v) is 10.8. The highest BCUT2D eigenvalue weighted by Gasteiger charge is 2.26. The number of aromatic nitrogens is 2. The number of hydrogen-bond donors (Lipinski definition) is 1. The molecule has 1 fully saturated rings. The van der Waals surface area contributed by atoms with Gasteiger partial charge in [0.05, 0.1) is 21.7 Å². The molecule has 25 heavy (non-hydrogen) atoms. The predicted molar refractivity (Wildman–Crippen MR) is 102 cm³/mol. The summed E-state index contributed by atoms with van der Waals surface area (Å²) in [4.78, 5) is 5.21. The summed E-state index contributed by atoms with van der Waals surface area (Å²) in [6.45, 7) is 11.3. The van der Waals surface area contributed by atoms with Gasteiger partial charge in [0.2, 0.25) is 0 Å². The van der Waals surface area contributed by atoms with Gasteiger partial charge in [0, 0.05) is 12.0 Å². The molecule has 0 aliphatic carbocycles. The molecule has 0 amide bonds. The van der Waals surface area contributed by atoms with Gasteiger partial charge in [-0.05, 0) is 50.0 Å². The van der Waals surface area contributed by atoms with Crippen LogP contribution in [0.1, 0.15) is 46.4 Å². The van der Waals surface area contributed by atoms with Crippen LogP contribution < -0.4 is 5.32 Å². The standard InChI is InChI=1S/C19H29N3O2S/c1-5-25(23,24)15-6-7-17-16(12-15)21-18(19(2,3)4)22(17)13-14-8-10-20-11-9-14/h6-7,12,14,20H,5,8-11,13H2,1-4H3. The number of rotatable bonds is 4. The lowest BCUT2D eigenvalue weighted by molar-refractivity contribution is 0.326. The lowest BCUT2D eigenvalue weighted by atomic mass is 9.94. The van der Waals surface area contributed by atoms with Crippen LogP contribution in [0.15, 0.2) is 23.1 Å². The van der Waals surface area contributed by atoms with Gasteiger partial charge in [-0.2, -0.15) is 0 Å². The quantitative estimate of drug-likeness (QED) is 0.906. The molecule has 5 nitrogen and oxygen atoms in total. The van der Waals surface area contributed by atoms with E-state index in [1.807, 2.05) is 6.07 Å². The molecule has 138 valence electrons. The Balaban J connectivity index is 2.09. The molecular formula is C19H29N3O2S. The van der Waals surface area contributed by atoms with Gasteiger partial charge in [0.15, 0.2) is 9.84 Å². The minimum absolute atomic E-state index is 0.0876. The second kappa shape index (κ2) is 6.72. The van der Waals surface area contributed by atoms with Gasteiger partial charge in [-0.1, -0.05) is 27.7 Å². The summed E-state index contributed by atoms with van der Waals surface area (Å²) in [5.41, 5.74) is 1.74. The molecule has 6 heteroatoms.